The molecule has 3 N–H and O–H groups in total. The largest absolute Gasteiger partial charge is 0.481 e. The average molecular weight is 524 g/mol. The zero-order valence-electron chi connectivity index (χ0n) is 20.0. The first-order valence-electron chi connectivity index (χ1n) is 11.3. The Morgan fingerprint density at radius 2 is 1.84 bits per heavy atom. The van der Waals surface area contributed by atoms with Crippen molar-refractivity contribution < 1.29 is 27.1 Å². The van der Waals surface area contributed by atoms with Crippen LogP contribution in [0.25, 0.3) is 10.9 Å². The number of allylic oxidation sites excluding steroid dienone is 1. The van der Waals surface area contributed by atoms with Crippen LogP contribution in [0.2, 0.25) is 0 Å². The number of ether oxygens (including phenoxy) is 1. The van der Waals surface area contributed by atoms with E-state index in [-0.39, 0.29) is 11.3 Å². The minimum atomic E-state index is -4.52. The van der Waals surface area contributed by atoms with Crippen molar-refractivity contribution in [2.45, 2.75) is 19.1 Å². The van der Waals surface area contributed by atoms with E-state index in [1.165, 1.54) is 43.8 Å². The summed E-state index contributed by atoms with van der Waals surface area (Å²) in [5.74, 6) is -0.618. The molecule has 1 amide bonds. The highest BCUT2D eigenvalue weighted by Crippen LogP contribution is 2.35. The molecule has 0 saturated carbocycles. The van der Waals surface area contributed by atoms with Gasteiger partial charge in [-0.2, -0.15) is 18.3 Å². The SMILES string of the molecule is COc1ccc(C2=NC(c3ccc(C(F)(F)F)cc3)C(C(=O)Nc3cc4cn[nH]c4cc3F)=C(C)N2)cn1. The number of aliphatic imine (C=N–C) groups is 1. The Morgan fingerprint density at radius 1 is 1.08 bits per heavy atom. The molecule has 2 aromatic heterocycles. The molecule has 0 fully saturated rings. The Labute approximate surface area is 213 Å². The molecule has 12 heteroatoms. The number of H-pyrrole nitrogens is 1. The number of halogens is 4. The highest BCUT2D eigenvalue weighted by molar-refractivity contribution is 6.09. The van der Waals surface area contributed by atoms with Crippen molar-refractivity contribution in [2.75, 3.05) is 12.4 Å². The predicted molar refractivity (Wildman–Crippen MR) is 132 cm³/mol. The van der Waals surface area contributed by atoms with Gasteiger partial charge in [-0.25, -0.2) is 9.37 Å². The number of hydrogen-bond acceptors (Lipinski definition) is 6. The Kier molecular flexibility index (Phi) is 6.31. The molecule has 0 aliphatic carbocycles. The third kappa shape index (κ3) is 4.80. The van der Waals surface area contributed by atoms with E-state index in [0.29, 0.717) is 39.4 Å². The number of alkyl halides is 3. The number of nitrogens with one attached hydrogen (secondary N) is 3. The van der Waals surface area contributed by atoms with Gasteiger partial charge in [0.05, 0.1) is 35.6 Å². The predicted octanol–water partition coefficient (Wildman–Crippen LogP) is 5.13. The van der Waals surface area contributed by atoms with Gasteiger partial charge in [0.15, 0.2) is 0 Å². The van der Waals surface area contributed by atoms with Gasteiger partial charge in [-0.05, 0) is 36.8 Å². The molecule has 2 aromatic carbocycles. The summed E-state index contributed by atoms with van der Waals surface area (Å²) in [6.45, 7) is 1.63. The van der Waals surface area contributed by atoms with Gasteiger partial charge in [0, 0.05) is 35.0 Å². The summed E-state index contributed by atoms with van der Waals surface area (Å²) < 4.78 is 59.3. The average Bonchev–Trinajstić information content (AvgIpc) is 3.35. The Morgan fingerprint density at radius 3 is 2.50 bits per heavy atom. The van der Waals surface area contributed by atoms with E-state index in [4.69, 9.17) is 4.74 Å². The summed E-state index contributed by atoms with van der Waals surface area (Å²) in [6, 6.07) is 9.38. The number of nitrogens with zero attached hydrogens (tertiary/aromatic N) is 3. The van der Waals surface area contributed by atoms with Crippen LogP contribution in [0.5, 0.6) is 5.88 Å². The van der Waals surface area contributed by atoms with Gasteiger partial charge in [0.2, 0.25) is 5.88 Å². The van der Waals surface area contributed by atoms with Crippen molar-refractivity contribution in [1.29, 1.82) is 0 Å². The molecule has 0 radical (unpaired) electrons. The molecule has 0 bridgehead atoms. The number of carbonyl (C=O) groups excluding carboxylic acids is 1. The number of amides is 1. The minimum Gasteiger partial charge on any atom is -0.481 e. The van der Waals surface area contributed by atoms with Crippen molar-refractivity contribution in [2.24, 2.45) is 4.99 Å². The van der Waals surface area contributed by atoms with E-state index < -0.39 is 29.5 Å². The van der Waals surface area contributed by atoms with Gasteiger partial charge < -0.3 is 15.4 Å². The quantitative estimate of drug-likeness (QED) is 0.314. The van der Waals surface area contributed by atoms with Crippen LogP contribution in [0, 0.1) is 5.82 Å². The van der Waals surface area contributed by atoms with E-state index in [1.807, 2.05) is 0 Å². The fourth-order valence-corrected chi connectivity index (χ4v) is 4.10. The lowest BCUT2D eigenvalue weighted by Gasteiger charge is -2.27. The number of aromatic amines is 1. The Balaban J connectivity index is 1.54. The fourth-order valence-electron chi connectivity index (χ4n) is 4.10. The maximum atomic E-state index is 14.7. The highest BCUT2D eigenvalue weighted by atomic mass is 19.4. The van der Waals surface area contributed by atoms with Crippen LogP contribution in [0.1, 0.15) is 29.7 Å². The number of hydrogen-bond donors (Lipinski definition) is 3. The lowest BCUT2D eigenvalue weighted by atomic mass is 9.94. The van der Waals surface area contributed by atoms with Crippen LogP contribution < -0.4 is 15.4 Å². The first kappa shape index (κ1) is 24.9. The van der Waals surface area contributed by atoms with Gasteiger partial charge >= 0.3 is 6.18 Å². The van der Waals surface area contributed by atoms with Crippen molar-refractivity contribution in [1.82, 2.24) is 20.5 Å². The number of amidine groups is 1. The monoisotopic (exact) mass is 524 g/mol. The van der Waals surface area contributed by atoms with Crippen LogP contribution in [-0.2, 0) is 11.0 Å². The Hall–Kier alpha value is -4.74. The lowest BCUT2D eigenvalue weighted by molar-refractivity contribution is -0.137. The van der Waals surface area contributed by atoms with E-state index >= 15 is 0 Å². The molecule has 1 atom stereocenters. The van der Waals surface area contributed by atoms with Crippen LogP contribution in [0.15, 0.2) is 77.2 Å². The van der Waals surface area contributed by atoms with Crippen LogP contribution in [0.3, 0.4) is 0 Å². The van der Waals surface area contributed by atoms with Gasteiger partial charge in [0.25, 0.3) is 5.91 Å². The van der Waals surface area contributed by atoms with E-state index in [0.717, 1.165) is 12.1 Å². The molecular formula is C26H20F4N6O2. The van der Waals surface area contributed by atoms with E-state index in [9.17, 15) is 22.4 Å². The Bertz CT molecular complexity index is 1570. The first-order chi connectivity index (χ1) is 18.1. The van der Waals surface area contributed by atoms with Gasteiger partial charge in [0.1, 0.15) is 17.7 Å². The van der Waals surface area contributed by atoms with E-state index in [2.05, 4.69) is 30.8 Å². The summed E-state index contributed by atoms with van der Waals surface area (Å²) in [6.07, 6.45) is -1.52. The number of anilines is 1. The summed E-state index contributed by atoms with van der Waals surface area (Å²) >= 11 is 0. The maximum Gasteiger partial charge on any atom is 0.416 e. The van der Waals surface area contributed by atoms with E-state index in [1.54, 1.807) is 19.1 Å². The molecule has 1 aliphatic rings. The minimum absolute atomic E-state index is 0.0792. The molecule has 38 heavy (non-hydrogen) atoms. The zero-order chi connectivity index (χ0) is 27.0. The number of rotatable bonds is 5. The maximum absolute atomic E-state index is 14.7. The summed E-state index contributed by atoms with van der Waals surface area (Å²) in [5.41, 5.74) is 0.956. The molecule has 4 aromatic rings. The summed E-state index contributed by atoms with van der Waals surface area (Å²) in [4.78, 5) is 22.3. The molecule has 0 saturated heterocycles. The van der Waals surface area contributed by atoms with Gasteiger partial charge in [-0.1, -0.05) is 12.1 Å². The normalized spacial score (nSPS) is 15.7. The fraction of sp³-hybridized carbons (Fsp3) is 0.154. The summed E-state index contributed by atoms with van der Waals surface area (Å²) in [5, 5.41) is 12.7. The smallest absolute Gasteiger partial charge is 0.416 e. The highest BCUT2D eigenvalue weighted by Gasteiger charge is 2.33. The number of carbonyl (C=O) groups is 1. The van der Waals surface area contributed by atoms with Gasteiger partial charge in [-0.3, -0.25) is 14.9 Å². The molecule has 0 spiro atoms. The molecular weight excluding hydrogens is 504 g/mol. The second-order valence-corrected chi connectivity index (χ2v) is 8.50. The standard InChI is InChI=1S/C26H20F4N6O2/c1-13-22(25(37)34-20-9-16-12-32-36-19(16)10-18(20)27)23(14-3-6-17(7-4-14)26(28,29)30)35-24(33-13)15-5-8-21(38-2)31-11-15/h3-12,23H,1-2H3,(H,32,36)(H,33,35)(H,34,37). The molecule has 8 nitrogen and oxygen atoms in total. The van der Waals surface area contributed by atoms with Crippen LogP contribution >= 0.6 is 0 Å². The number of methoxy groups -OCH3 is 1. The number of benzene rings is 2. The zero-order valence-corrected chi connectivity index (χ0v) is 20.0. The third-order valence-electron chi connectivity index (χ3n) is 6.03. The van der Waals surface area contributed by atoms with Gasteiger partial charge in [-0.15, -0.1) is 0 Å². The molecule has 5 rings (SSSR count). The second kappa shape index (κ2) is 9.61. The second-order valence-electron chi connectivity index (χ2n) is 8.50. The summed E-state index contributed by atoms with van der Waals surface area (Å²) in [7, 11) is 1.48. The molecule has 1 aliphatic heterocycles. The number of fused-ring (bicyclic) bond motifs is 1. The topological polar surface area (TPSA) is 104 Å². The number of pyridine rings is 1. The van der Waals surface area contributed by atoms with Crippen LogP contribution in [-0.4, -0.2) is 34.0 Å². The van der Waals surface area contributed by atoms with Crippen molar-refractivity contribution in [3.05, 3.63) is 94.7 Å². The first-order valence-corrected chi connectivity index (χ1v) is 11.3. The lowest BCUT2D eigenvalue weighted by Crippen LogP contribution is -2.34. The van der Waals surface area contributed by atoms with Crippen molar-refractivity contribution in [3.8, 4) is 5.88 Å². The molecule has 1 unspecified atom stereocenters. The molecule has 3 heterocycles. The van der Waals surface area contributed by atoms with Crippen molar-refractivity contribution in [3.63, 3.8) is 0 Å². The molecule has 194 valence electrons. The van der Waals surface area contributed by atoms with Crippen molar-refractivity contribution >= 4 is 28.3 Å². The number of aromatic nitrogens is 3. The third-order valence-corrected chi connectivity index (χ3v) is 6.03. The van der Waals surface area contributed by atoms with Crippen LogP contribution in [0.4, 0.5) is 23.2 Å².